The average molecular weight is 499 g/mol. The first-order valence-corrected chi connectivity index (χ1v) is 12.4. The van der Waals surface area contributed by atoms with Gasteiger partial charge in [0.1, 0.15) is 12.4 Å². The minimum absolute atomic E-state index is 0.0158. The molecular formula is C28H30N6O3. The lowest BCUT2D eigenvalue weighted by molar-refractivity contribution is -0.128. The Morgan fingerprint density at radius 1 is 1.05 bits per heavy atom. The fraction of sp³-hybridized carbons (Fsp3) is 0.286. The normalized spacial score (nSPS) is 15.5. The van der Waals surface area contributed by atoms with Crippen LogP contribution in [0.5, 0.6) is 5.75 Å². The standard InChI is InChI=1S/C28H30N6O3/c1-33-10-12-34(13-11-33)27(36)22-16-20-4-5-23(18-21(20)17-22)31-28-30-9-7-25(32-28)26-19-24(6-8-29-26)37-15-3-2-14-35/h2-9,17-19,35H,10-16H2,1H3,(H,30,31,32)/b3-2+. The summed E-state index contributed by atoms with van der Waals surface area (Å²) in [5.41, 5.74) is 5.21. The Labute approximate surface area is 216 Å². The van der Waals surface area contributed by atoms with Gasteiger partial charge in [0.25, 0.3) is 0 Å². The number of aliphatic hydroxyl groups excluding tert-OH is 1. The van der Waals surface area contributed by atoms with Crippen molar-refractivity contribution in [1.29, 1.82) is 0 Å². The molecule has 0 bridgehead atoms. The van der Waals surface area contributed by atoms with Crippen LogP contribution in [-0.2, 0) is 11.2 Å². The number of benzene rings is 1. The molecule has 9 heteroatoms. The number of rotatable bonds is 8. The number of amides is 1. The topological polar surface area (TPSA) is 104 Å². The van der Waals surface area contributed by atoms with E-state index in [1.807, 2.05) is 29.2 Å². The highest BCUT2D eigenvalue weighted by molar-refractivity contribution is 6.00. The van der Waals surface area contributed by atoms with Gasteiger partial charge in [0.2, 0.25) is 11.9 Å². The van der Waals surface area contributed by atoms with Gasteiger partial charge in [-0.3, -0.25) is 9.78 Å². The number of hydrogen-bond donors (Lipinski definition) is 2. The van der Waals surface area contributed by atoms with E-state index in [1.54, 1.807) is 36.7 Å². The molecular weight excluding hydrogens is 468 g/mol. The number of ether oxygens (including phenoxy) is 1. The Bertz CT molecular complexity index is 1330. The minimum Gasteiger partial charge on any atom is -0.489 e. The van der Waals surface area contributed by atoms with Crippen molar-refractivity contribution in [2.24, 2.45) is 0 Å². The average Bonchev–Trinajstić information content (AvgIpc) is 3.35. The van der Waals surface area contributed by atoms with Gasteiger partial charge in [-0.2, -0.15) is 0 Å². The van der Waals surface area contributed by atoms with E-state index in [1.165, 1.54) is 0 Å². The van der Waals surface area contributed by atoms with Crippen LogP contribution in [0.15, 0.2) is 66.5 Å². The van der Waals surface area contributed by atoms with Gasteiger partial charge < -0.3 is 25.0 Å². The molecule has 1 saturated heterocycles. The molecule has 0 saturated carbocycles. The third-order valence-electron chi connectivity index (χ3n) is 6.45. The van der Waals surface area contributed by atoms with Gasteiger partial charge in [0.05, 0.1) is 18.0 Å². The number of nitrogens with zero attached hydrogens (tertiary/aromatic N) is 5. The second-order valence-electron chi connectivity index (χ2n) is 9.09. The van der Waals surface area contributed by atoms with E-state index in [9.17, 15) is 4.79 Å². The van der Waals surface area contributed by atoms with E-state index in [2.05, 4.69) is 38.3 Å². The Morgan fingerprint density at radius 2 is 1.89 bits per heavy atom. The van der Waals surface area contributed by atoms with Gasteiger partial charge in [-0.05, 0) is 54.6 Å². The smallest absolute Gasteiger partial charge is 0.250 e. The zero-order chi connectivity index (χ0) is 25.6. The fourth-order valence-corrected chi connectivity index (χ4v) is 4.38. The molecule has 9 nitrogen and oxygen atoms in total. The van der Waals surface area contributed by atoms with Crippen molar-refractivity contribution in [3.05, 3.63) is 77.6 Å². The number of carbonyl (C=O) groups is 1. The van der Waals surface area contributed by atoms with Crippen molar-refractivity contribution in [3.63, 3.8) is 0 Å². The summed E-state index contributed by atoms with van der Waals surface area (Å²) < 4.78 is 5.68. The Hall–Kier alpha value is -4.08. The second-order valence-corrected chi connectivity index (χ2v) is 9.09. The highest BCUT2D eigenvalue weighted by atomic mass is 16.5. The summed E-state index contributed by atoms with van der Waals surface area (Å²) in [6.45, 7) is 3.71. The lowest BCUT2D eigenvalue weighted by atomic mass is 10.1. The van der Waals surface area contributed by atoms with E-state index in [0.717, 1.165) is 48.6 Å². The van der Waals surface area contributed by atoms with Gasteiger partial charge in [-0.1, -0.05) is 12.1 Å². The zero-order valence-corrected chi connectivity index (χ0v) is 20.8. The van der Waals surface area contributed by atoms with E-state index in [-0.39, 0.29) is 12.5 Å². The summed E-state index contributed by atoms with van der Waals surface area (Å²) in [4.78, 5) is 30.6. The molecule has 2 aliphatic rings. The molecule has 2 aromatic heterocycles. The largest absolute Gasteiger partial charge is 0.489 e. The molecule has 0 radical (unpaired) electrons. The van der Waals surface area contributed by atoms with Crippen LogP contribution in [-0.4, -0.2) is 82.2 Å². The number of carbonyl (C=O) groups excluding carboxylic acids is 1. The summed E-state index contributed by atoms with van der Waals surface area (Å²) in [5.74, 6) is 1.25. The van der Waals surface area contributed by atoms with E-state index in [4.69, 9.17) is 9.84 Å². The van der Waals surface area contributed by atoms with Crippen molar-refractivity contribution in [1.82, 2.24) is 24.8 Å². The van der Waals surface area contributed by atoms with E-state index >= 15 is 0 Å². The molecule has 1 aliphatic heterocycles. The van der Waals surface area contributed by atoms with Crippen LogP contribution >= 0.6 is 0 Å². The maximum atomic E-state index is 13.0. The van der Waals surface area contributed by atoms with Crippen molar-refractivity contribution in [2.75, 3.05) is 51.8 Å². The summed E-state index contributed by atoms with van der Waals surface area (Å²) in [6, 6.07) is 11.5. The maximum absolute atomic E-state index is 13.0. The maximum Gasteiger partial charge on any atom is 0.250 e. The highest BCUT2D eigenvalue weighted by Gasteiger charge is 2.25. The summed E-state index contributed by atoms with van der Waals surface area (Å²) in [6.07, 6.45) is 9.40. The summed E-state index contributed by atoms with van der Waals surface area (Å²) in [7, 11) is 2.09. The van der Waals surface area contributed by atoms with E-state index in [0.29, 0.717) is 36.1 Å². The van der Waals surface area contributed by atoms with E-state index < -0.39 is 0 Å². The molecule has 37 heavy (non-hydrogen) atoms. The third-order valence-corrected chi connectivity index (χ3v) is 6.45. The van der Waals surface area contributed by atoms with Gasteiger partial charge in [-0.25, -0.2) is 9.97 Å². The molecule has 2 N–H and O–H groups in total. The van der Waals surface area contributed by atoms with Crippen LogP contribution in [0.4, 0.5) is 11.6 Å². The van der Waals surface area contributed by atoms with Crippen LogP contribution in [0.3, 0.4) is 0 Å². The molecule has 1 aliphatic carbocycles. The molecule has 0 unspecified atom stereocenters. The molecule has 5 rings (SSSR count). The predicted molar refractivity (Wildman–Crippen MR) is 142 cm³/mol. The predicted octanol–water partition coefficient (Wildman–Crippen LogP) is 2.92. The SMILES string of the molecule is CN1CCN(C(=O)C2=Cc3cc(Nc4nccc(-c5cc(OC/C=C/CO)ccn5)n4)ccc3C2)CC1. The minimum atomic E-state index is -0.0158. The fourth-order valence-electron chi connectivity index (χ4n) is 4.38. The zero-order valence-electron chi connectivity index (χ0n) is 20.8. The van der Waals surface area contributed by atoms with Crippen molar-refractivity contribution >= 4 is 23.6 Å². The van der Waals surface area contributed by atoms with Crippen molar-refractivity contribution in [3.8, 4) is 17.1 Å². The second kappa shape index (κ2) is 11.3. The Morgan fingerprint density at radius 3 is 2.73 bits per heavy atom. The third kappa shape index (κ3) is 6.02. The summed E-state index contributed by atoms with van der Waals surface area (Å²) >= 11 is 0. The monoisotopic (exact) mass is 498 g/mol. The molecule has 0 spiro atoms. The number of nitrogens with one attached hydrogen (secondary N) is 1. The lowest BCUT2D eigenvalue weighted by Crippen LogP contribution is -2.47. The number of anilines is 2. The van der Waals surface area contributed by atoms with Gasteiger partial charge in [0.15, 0.2) is 0 Å². The van der Waals surface area contributed by atoms with Gasteiger partial charge in [-0.15, -0.1) is 0 Å². The number of pyridine rings is 1. The number of likely N-dealkylation sites (N-methyl/N-ethyl adjacent to an activating group) is 1. The number of piperazine rings is 1. The molecule has 190 valence electrons. The first-order chi connectivity index (χ1) is 18.1. The summed E-state index contributed by atoms with van der Waals surface area (Å²) in [5, 5.41) is 12.1. The van der Waals surface area contributed by atoms with Gasteiger partial charge in [0, 0.05) is 62.3 Å². The molecule has 0 atom stereocenters. The molecule has 1 aromatic carbocycles. The Kier molecular flexibility index (Phi) is 7.53. The molecule has 3 aromatic rings. The van der Waals surface area contributed by atoms with Crippen LogP contribution in [0.1, 0.15) is 11.1 Å². The highest BCUT2D eigenvalue weighted by Crippen LogP contribution is 2.30. The first-order valence-electron chi connectivity index (χ1n) is 12.4. The lowest BCUT2D eigenvalue weighted by Gasteiger charge is -2.32. The Balaban J connectivity index is 1.27. The number of aliphatic hydroxyl groups is 1. The van der Waals surface area contributed by atoms with Crippen LogP contribution in [0, 0.1) is 0 Å². The molecule has 1 amide bonds. The van der Waals surface area contributed by atoms with Crippen molar-refractivity contribution in [2.45, 2.75) is 6.42 Å². The van der Waals surface area contributed by atoms with Crippen molar-refractivity contribution < 1.29 is 14.6 Å². The number of hydrogen-bond acceptors (Lipinski definition) is 8. The van der Waals surface area contributed by atoms with Crippen LogP contribution in [0.2, 0.25) is 0 Å². The van der Waals surface area contributed by atoms with Crippen LogP contribution < -0.4 is 10.1 Å². The molecule has 3 heterocycles. The first kappa shape index (κ1) is 24.6. The molecule has 1 fully saturated rings. The quantitative estimate of drug-likeness (QED) is 0.457. The number of aromatic nitrogens is 3. The number of fused-ring (bicyclic) bond motifs is 1. The van der Waals surface area contributed by atoms with Gasteiger partial charge >= 0.3 is 0 Å². The van der Waals surface area contributed by atoms with Crippen LogP contribution in [0.25, 0.3) is 17.5 Å².